The lowest BCUT2D eigenvalue weighted by Gasteiger charge is -2.31. The van der Waals surface area contributed by atoms with Crippen molar-refractivity contribution in [3.8, 4) is 0 Å². The minimum absolute atomic E-state index is 0.460. The van der Waals surface area contributed by atoms with Crippen LogP contribution in [0.2, 0.25) is 5.02 Å². The average Bonchev–Trinajstić information content (AvgIpc) is 3.44. The van der Waals surface area contributed by atoms with Crippen LogP contribution in [0.15, 0.2) is 30.7 Å². The van der Waals surface area contributed by atoms with Gasteiger partial charge in [0.1, 0.15) is 11.6 Å². The van der Waals surface area contributed by atoms with Gasteiger partial charge in [0, 0.05) is 37.5 Å². The van der Waals surface area contributed by atoms with Crippen molar-refractivity contribution in [1.29, 1.82) is 0 Å². The zero-order valence-electron chi connectivity index (χ0n) is 15.3. The van der Waals surface area contributed by atoms with Crippen LogP contribution in [-0.4, -0.2) is 42.6 Å². The van der Waals surface area contributed by atoms with E-state index in [4.69, 9.17) is 11.6 Å². The summed E-state index contributed by atoms with van der Waals surface area (Å²) in [6, 6.07) is 4.00. The van der Waals surface area contributed by atoms with Crippen molar-refractivity contribution in [1.82, 2.24) is 29.5 Å². The van der Waals surface area contributed by atoms with Crippen molar-refractivity contribution < 1.29 is 0 Å². The van der Waals surface area contributed by atoms with Crippen LogP contribution in [0.3, 0.4) is 0 Å². The lowest BCUT2D eigenvalue weighted by atomic mass is 9.95. The largest absolute Gasteiger partial charge is 0.299 e. The maximum absolute atomic E-state index is 6.68. The molecule has 1 saturated carbocycles. The maximum atomic E-state index is 6.68. The number of hydrogen-bond acceptors (Lipinski definition) is 5. The number of rotatable bonds is 5. The minimum Gasteiger partial charge on any atom is -0.299 e. The van der Waals surface area contributed by atoms with Crippen LogP contribution < -0.4 is 0 Å². The van der Waals surface area contributed by atoms with E-state index < -0.39 is 0 Å². The van der Waals surface area contributed by atoms with Crippen molar-refractivity contribution in [2.24, 2.45) is 5.92 Å². The average molecular weight is 383 g/mol. The van der Waals surface area contributed by atoms with Gasteiger partial charge in [0.25, 0.3) is 0 Å². The second kappa shape index (κ2) is 7.17. The second-order valence-corrected chi connectivity index (χ2v) is 8.15. The third-order valence-electron chi connectivity index (χ3n) is 5.77. The molecule has 0 N–H and O–H groups in total. The number of piperidine rings is 1. The lowest BCUT2D eigenvalue weighted by Crippen LogP contribution is -2.33. The molecule has 3 aromatic heterocycles. The van der Waals surface area contributed by atoms with Gasteiger partial charge in [-0.3, -0.25) is 9.30 Å². The third-order valence-corrected chi connectivity index (χ3v) is 6.18. The van der Waals surface area contributed by atoms with Gasteiger partial charge in [0.15, 0.2) is 5.65 Å². The van der Waals surface area contributed by atoms with Gasteiger partial charge in [-0.1, -0.05) is 11.6 Å². The summed E-state index contributed by atoms with van der Waals surface area (Å²) in [6.45, 7) is 2.91. The van der Waals surface area contributed by atoms with Gasteiger partial charge in [-0.2, -0.15) is 0 Å². The minimum atomic E-state index is 0.460. The van der Waals surface area contributed by atoms with Crippen LogP contribution >= 0.6 is 11.6 Å². The van der Waals surface area contributed by atoms with E-state index in [9.17, 15) is 0 Å². The highest BCUT2D eigenvalue weighted by Crippen LogP contribution is 2.33. The topological polar surface area (TPSA) is 59.2 Å². The lowest BCUT2D eigenvalue weighted by molar-refractivity contribution is 0.201. The molecular weight excluding hydrogens is 360 g/mol. The van der Waals surface area contributed by atoms with Gasteiger partial charge < -0.3 is 0 Å². The highest BCUT2D eigenvalue weighted by Gasteiger charge is 2.26. The molecular formula is C20H23ClN6. The molecule has 0 radical (unpaired) electrons. The Morgan fingerprint density at radius 2 is 1.81 bits per heavy atom. The first-order chi connectivity index (χ1) is 13.3. The van der Waals surface area contributed by atoms with E-state index >= 15 is 0 Å². The highest BCUT2D eigenvalue weighted by molar-refractivity contribution is 6.34. The van der Waals surface area contributed by atoms with Gasteiger partial charge in [0.2, 0.25) is 0 Å². The quantitative estimate of drug-likeness (QED) is 0.675. The number of fused-ring (bicyclic) bond motifs is 1. The molecule has 27 heavy (non-hydrogen) atoms. The zero-order valence-corrected chi connectivity index (χ0v) is 16.0. The predicted octanol–water partition coefficient (Wildman–Crippen LogP) is 3.50. The Bertz CT molecular complexity index is 928. The van der Waals surface area contributed by atoms with Gasteiger partial charge in [-0.15, -0.1) is 10.2 Å². The Labute approximate surface area is 163 Å². The molecule has 3 aromatic rings. The SMILES string of the molecule is Clc1c(CN2CCC(c3ncccn3)CC2)ccn2c(CC3CC3)nnc12. The molecule has 6 nitrogen and oxygen atoms in total. The summed E-state index contributed by atoms with van der Waals surface area (Å²) in [5.41, 5.74) is 1.92. The molecule has 0 spiro atoms. The van der Waals surface area contributed by atoms with E-state index in [0.717, 1.165) is 72.7 Å². The Balaban J connectivity index is 1.27. The predicted molar refractivity (Wildman–Crippen MR) is 104 cm³/mol. The first-order valence-electron chi connectivity index (χ1n) is 9.78. The van der Waals surface area contributed by atoms with Crippen LogP contribution in [0.4, 0.5) is 0 Å². The van der Waals surface area contributed by atoms with Crippen LogP contribution in [0.5, 0.6) is 0 Å². The van der Waals surface area contributed by atoms with Gasteiger partial charge in [0.05, 0.1) is 5.02 Å². The van der Waals surface area contributed by atoms with Crippen LogP contribution in [0.25, 0.3) is 5.65 Å². The van der Waals surface area contributed by atoms with Crippen molar-refractivity contribution in [3.05, 3.63) is 53.0 Å². The number of pyridine rings is 1. The molecule has 1 aliphatic heterocycles. The Morgan fingerprint density at radius 1 is 1.04 bits per heavy atom. The summed E-state index contributed by atoms with van der Waals surface area (Å²) in [6.07, 6.45) is 11.5. The van der Waals surface area contributed by atoms with E-state index in [0.29, 0.717) is 5.92 Å². The fourth-order valence-corrected chi connectivity index (χ4v) is 4.22. The molecule has 1 aliphatic carbocycles. The second-order valence-electron chi connectivity index (χ2n) is 7.77. The van der Waals surface area contributed by atoms with Crippen molar-refractivity contribution in [3.63, 3.8) is 0 Å². The van der Waals surface area contributed by atoms with E-state index in [1.54, 1.807) is 0 Å². The van der Waals surface area contributed by atoms with E-state index in [2.05, 4.69) is 41.7 Å². The fourth-order valence-electron chi connectivity index (χ4n) is 3.96. The number of likely N-dealkylation sites (tertiary alicyclic amines) is 1. The van der Waals surface area contributed by atoms with Crippen LogP contribution in [0.1, 0.15) is 48.8 Å². The molecule has 0 aromatic carbocycles. The fraction of sp³-hybridized carbons (Fsp3) is 0.500. The number of nitrogens with zero attached hydrogens (tertiary/aromatic N) is 6. The molecule has 0 atom stereocenters. The summed E-state index contributed by atoms with van der Waals surface area (Å²) in [7, 11) is 0. The normalized spacial score (nSPS) is 19.0. The smallest absolute Gasteiger partial charge is 0.179 e. The molecule has 2 aliphatic rings. The van der Waals surface area contributed by atoms with Crippen molar-refractivity contribution in [2.45, 2.75) is 44.6 Å². The number of halogens is 1. The molecule has 0 unspecified atom stereocenters. The molecule has 4 heterocycles. The van der Waals surface area contributed by atoms with Crippen molar-refractivity contribution in [2.75, 3.05) is 13.1 Å². The summed E-state index contributed by atoms with van der Waals surface area (Å²) in [5.74, 6) is 3.25. The van der Waals surface area contributed by atoms with Gasteiger partial charge in [-0.25, -0.2) is 9.97 Å². The number of hydrogen-bond donors (Lipinski definition) is 0. The van der Waals surface area contributed by atoms with Crippen molar-refractivity contribution >= 4 is 17.2 Å². The summed E-state index contributed by atoms with van der Waals surface area (Å²) in [5, 5.41) is 9.46. The monoisotopic (exact) mass is 382 g/mol. The van der Waals surface area contributed by atoms with E-state index in [-0.39, 0.29) is 0 Å². The molecule has 1 saturated heterocycles. The summed E-state index contributed by atoms with van der Waals surface area (Å²) >= 11 is 6.68. The van der Waals surface area contributed by atoms with E-state index in [1.807, 2.05) is 18.5 Å². The Morgan fingerprint density at radius 3 is 2.56 bits per heavy atom. The number of aromatic nitrogens is 5. The molecule has 2 fully saturated rings. The molecule has 0 amide bonds. The molecule has 5 rings (SSSR count). The molecule has 140 valence electrons. The third kappa shape index (κ3) is 3.56. The zero-order chi connectivity index (χ0) is 18.2. The van der Waals surface area contributed by atoms with Crippen LogP contribution in [-0.2, 0) is 13.0 Å². The molecule has 0 bridgehead atoms. The first-order valence-corrected chi connectivity index (χ1v) is 10.2. The highest BCUT2D eigenvalue weighted by atomic mass is 35.5. The maximum Gasteiger partial charge on any atom is 0.179 e. The standard InChI is InChI=1S/C20H23ClN6/c21-18-16(6-11-27-17(12-14-2-3-14)24-25-20(18)27)13-26-9-4-15(5-10-26)19-22-7-1-8-23-19/h1,6-8,11,14-15H,2-5,9-10,12-13H2. The summed E-state index contributed by atoms with van der Waals surface area (Å²) < 4.78 is 2.06. The molecule has 7 heteroatoms. The summed E-state index contributed by atoms with van der Waals surface area (Å²) in [4.78, 5) is 11.3. The first kappa shape index (κ1) is 17.1. The van der Waals surface area contributed by atoms with Gasteiger partial charge in [-0.05, 0) is 62.4 Å². The Kier molecular flexibility index (Phi) is 4.53. The van der Waals surface area contributed by atoms with Crippen LogP contribution in [0, 0.1) is 5.92 Å². The van der Waals surface area contributed by atoms with E-state index in [1.165, 1.54) is 12.8 Å². The Hall–Kier alpha value is -2.05. The van der Waals surface area contributed by atoms with Gasteiger partial charge >= 0.3 is 0 Å².